The summed E-state index contributed by atoms with van der Waals surface area (Å²) >= 11 is 0. The zero-order valence-corrected chi connectivity index (χ0v) is 15.4. The van der Waals surface area contributed by atoms with Crippen LogP contribution in [0.3, 0.4) is 0 Å². The lowest BCUT2D eigenvalue weighted by Crippen LogP contribution is -2.30. The van der Waals surface area contributed by atoms with E-state index in [4.69, 9.17) is 0 Å². The van der Waals surface area contributed by atoms with Crippen molar-refractivity contribution < 1.29 is 13.2 Å². The van der Waals surface area contributed by atoms with Gasteiger partial charge in [-0.1, -0.05) is 12.1 Å². The van der Waals surface area contributed by atoms with Gasteiger partial charge in [-0.25, -0.2) is 8.42 Å². The summed E-state index contributed by atoms with van der Waals surface area (Å²) in [5.41, 5.74) is 1.37. The molecule has 1 amide bonds. The fourth-order valence-electron chi connectivity index (χ4n) is 3.82. The quantitative estimate of drug-likeness (QED) is 0.895. The van der Waals surface area contributed by atoms with Crippen LogP contribution in [0.5, 0.6) is 0 Å². The minimum atomic E-state index is -3.51. The molecule has 1 spiro atoms. The number of carbonyl (C=O) groups excluding carboxylic acids is 1. The SMILES string of the molecule is Cc1cccc(S(=O)(=O)N2CC[C@]3(C[C@@H]3C(=O)Nc3cccnc3)C2)c1. The molecule has 2 atom stereocenters. The van der Waals surface area contributed by atoms with Crippen molar-refractivity contribution in [2.45, 2.75) is 24.7 Å². The fraction of sp³-hybridized carbons (Fsp3) is 0.368. The summed E-state index contributed by atoms with van der Waals surface area (Å²) in [5, 5.41) is 2.88. The Labute approximate surface area is 153 Å². The largest absolute Gasteiger partial charge is 0.324 e. The molecular formula is C19H21N3O3S. The summed E-state index contributed by atoms with van der Waals surface area (Å²) < 4.78 is 27.3. The molecule has 1 aromatic heterocycles. The molecule has 26 heavy (non-hydrogen) atoms. The average Bonchev–Trinajstić information content (AvgIpc) is 3.15. The molecule has 2 aromatic rings. The van der Waals surface area contributed by atoms with Gasteiger partial charge in [-0.3, -0.25) is 9.78 Å². The van der Waals surface area contributed by atoms with E-state index in [2.05, 4.69) is 10.3 Å². The summed E-state index contributed by atoms with van der Waals surface area (Å²) in [6.45, 7) is 2.76. The minimum absolute atomic E-state index is 0.0483. The number of carbonyl (C=O) groups is 1. The highest BCUT2D eigenvalue weighted by atomic mass is 32.2. The summed E-state index contributed by atoms with van der Waals surface area (Å²) in [5.74, 6) is -0.187. The highest BCUT2D eigenvalue weighted by Crippen LogP contribution is 2.59. The van der Waals surface area contributed by atoms with Crippen LogP contribution in [0.25, 0.3) is 0 Å². The van der Waals surface area contributed by atoms with Gasteiger partial charge in [-0.2, -0.15) is 4.31 Å². The number of rotatable bonds is 4. The molecule has 7 heteroatoms. The number of nitrogens with zero attached hydrogens (tertiary/aromatic N) is 2. The maximum atomic E-state index is 12.9. The van der Waals surface area contributed by atoms with Crippen LogP contribution in [0.4, 0.5) is 5.69 Å². The van der Waals surface area contributed by atoms with E-state index < -0.39 is 10.0 Å². The Morgan fingerprint density at radius 3 is 2.88 bits per heavy atom. The highest BCUT2D eigenvalue weighted by molar-refractivity contribution is 7.89. The molecule has 6 nitrogen and oxygen atoms in total. The Bertz CT molecular complexity index is 946. The first-order valence-corrected chi connectivity index (χ1v) is 10.1. The lowest BCUT2D eigenvalue weighted by atomic mass is 10.0. The molecule has 1 aromatic carbocycles. The molecule has 1 saturated carbocycles. The Morgan fingerprint density at radius 2 is 2.15 bits per heavy atom. The molecule has 0 bridgehead atoms. The monoisotopic (exact) mass is 371 g/mol. The van der Waals surface area contributed by atoms with Crippen LogP contribution in [0.1, 0.15) is 18.4 Å². The molecule has 2 aliphatic rings. The van der Waals surface area contributed by atoms with Crippen molar-refractivity contribution in [2.75, 3.05) is 18.4 Å². The van der Waals surface area contributed by atoms with E-state index in [9.17, 15) is 13.2 Å². The summed E-state index contributed by atoms with van der Waals surface area (Å²) in [7, 11) is -3.51. The summed E-state index contributed by atoms with van der Waals surface area (Å²) in [6, 6.07) is 10.5. The molecule has 1 saturated heterocycles. The van der Waals surface area contributed by atoms with Crippen LogP contribution < -0.4 is 5.32 Å². The predicted octanol–water partition coefficient (Wildman–Crippen LogP) is 2.43. The molecule has 2 fully saturated rings. The van der Waals surface area contributed by atoms with E-state index in [1.54, 1.807) is 42.7 Å². The number of sulfonamides is 1. The van der Waals surface area contributed by atoms with Gasteiger partial charge in [0.25, 0.3) is 0 Å². The smallest absolute Gasteiger partial charge is 0.243 e. The number of nitrogens with one attached hydrogen (secondary N) is 1. The number of amides is 1. The number of aromatic nitrogens is 1. The molecule has 1 aliphatic heterocycles. The Balaban J connectivity index is 1.45. The topological polar surface area (TPSA) is 79.4 Å². The van der Waals surface area contributed by atoms with E-state index in [0.717, 1.165) is 18.4 Å². The Morgan fingerprint density at radius 1 is 1.31 bits per heavy atom. The van der Waals surface area contributed by atoms with Gasteiger partial charge in [0.1, 0.15) is 0 Å². The lowest BCUT2D eigenvalue weighted by Gasteiger charge is -2.17. The lowest BCUT2D eigenvalue weighted by molar-refractivity contribution is -0.118. The van der Waals surface area contributed by atoms with E-state index in [0.29, 0.717) is 23.7 Å². The maximum Gasteiger partial charge on any atom is 0.243 e. The van der Waals surface area contributed by atoms with E-state index in [1.165, 1.54) is 4.31 Å². The number of benzene rings is 1. The van der Waals surface area contributed by atoms with Gasteiger partial charge in [-0.15, -0.1) is 0 Å². The molecule has 1 N–H and O–H groups in total. The number of anilines is 1. The average molecular weight is 371 g/mol. The summed E-state index contributed by atoms with van der Waals surface area (Å²) in [4.78, 5) is 16.8. The van der Waals surface area contributed by atoms with Crippen molar-refractivity contribution >= 4 is 21.6 Å². The zero-order chi connectivity index (χ0) is 18.4. The van der Waals surface area contributed by atoms with E-state index in [-0.39, 0.29) is 17.2 Å². The van der Waals surface area contributed by atoms with Gasteiger partial charge >= 0.3 is 0 Å². The van der Waals surface area contributed by atoms with Gasteiger partial charge in [0.2, 0.25) is 15.9 Å². The van der Waals surface area contributed by atoms with Crippen molar-refractivity contribution in [3.05, 3.63) is 54.4 Å². The third-order valence-corrected chi connectivity index (χ3v) is 7.25. The second-order valence-corrected chi connectivity index (χ2v) is 9.19. The predicted molar refractivity (Wildman–Crippen MR) is 98.0 cm³/mol. The van der Waals surface area contributed by atoms with Gasteiger partial charge in [0.15, 0.2) is 0 Å². The van der Waals surface area contributed by atoms with Crippen LogP contribution in [0.2, 0.25) is 0 Å². The second kappa shape index (κ2) is 6.17. The van der Waals surface area contributed by atoms with Crippen molar-refractivity contribution in [1.29, 1.82) is 0 Å². The fourth-order valence-corrected chi connectivity index (χ4v) is 5.46. The van der Waals surface area contributed by atoms with Gasteiger partial charge < -0.3 is 5.32 Å². The van der Waals surface area contributed by atoms with Gasteiger partial charge in [0, 0.05) is 25.2 Å². The van der Waals surface area contributed by atoms with Crippen molar-refractivity contribution in [3.8, 4) is 0 Å². The van der Waals surface area contributed by atoms with Crippen LogP contribution in [-0.2, 0) is 14.8 Å². The standard InChI is InChI=1S/C19H21N3O3S/c1-14-4-2-6-16(10-14)26(24,25)22-9-7-19(13-22)11-17(19)18(23)21-15-5-3-8-20-12-15/h2-6,8,10,12,17H,7,9,11,13H2,1H3,(H,21,23)/t17-,19+/m1/s1. The normalized spacial score (nSPS) is 25.3. The second-order valence-electron chi connectivity index (χ2n) is 7.26. The number of pyridine rings is 1. The molecule has 2 heterocycles. The molecule has 1 aliphatic carbocycles. The first kappa shape index (κ1) is 17.2. The first-order valence-electron chi connectivity index (χ1n) is 8.68. The van der Waals surface area contributed by atoms with Gasteiger partial charge in [-0.05, 0) is 55.0 Å². The maximum absolute atomic E-state index is 12.9. The first-order chi connectivity index (χ1) is 12.4. The number of hydrogen-bond donors (Lipinski definition) is 1. The molecule has 0 unspecified atom stereocenters. The Hall–Kier alpha value is -2.25. The summed E-state index contributed by atoms with van der Waals surface area (Å²) in [6.07, 6.45) is 4.72. The molecule has 136 valence electrons. The number of aryl methyl sites for hydroxylation is 1. The van der Waals surface area contributed by atoms with Crippen LogP contribution in [-0.4, -0.2) is 36.7 Å². The highest BCUT2D eigenvalue weighted by Gasteiger charge is 2.62. The number of hydrogen-bond acceptors (Lipinski definition) is 4. The zero-order valence-electron chi connectivity index (χ0n) is 14.6. The van der Waals surface area contributed by atoms with Crippen LogP contribution in [0.15, 0.2) is 53.7 Å². The van der Waals surface area contributed by atoms with Crippen LogP contribution in [0, 0.1) is 18.3 Å². The molecule has 0 radical (unpaired) electrons. The van der Waals surface area contributed by atoms with Crippen molar-refractivity contribution in [1.82, 2.24) is 9.29 Å². The molecular weight excluding hydrogens is 350 g/mol. The third-order valence-electron chi connectivity index (χ3n) is 5.41. The van der Waals surface area contributed by atoms with Crippen molar-refractivity contribution in [3.63, 3.8) is 0 Å². The van der Waals surface area contributed by atoms with E-state index in [1.807, 2.05) is 13.0 Å². The third kappa shape index (κ3) is 3.01. The van der Waals surface area contributed by atoms with E-state index >= 15 is 0 Å². The Kier molecular flexibility index (Phi) is 4.08. The van der Waals surface area contributed by atoms with Crippen molar-refractivity contribution in [2.24, 2.45) is 11.3 Å². The molecule has 4 rings (SSSR count). The van der Waals surface area contributed by atoms with Crippen LogP contribution >= 0.6 is 0 Å². The van der Waals surface area contributed by atoms with Gasteiger partial charge in [0.05, 0.1) is 16.8 Å². The minimum Gasteiger partial charge on any atom is -0.324 e.